The molecule has 2 saturated heterocycles. The summed E-state index contributed by atoms with van der Waals surface area (Å²) in [7, 11) is 0. The second-order valence-electron chi connectivity index (χ2n) is 13.2. The first-order valence-corrected chi connectivity index (χ1v) is 17.4. The summed E-state index contributed by atoms with van der Waals surface area (Å²) in [5.41, 5.74) is 5.94. The van der Waals surface area contributed by atoms with Crippen LogP contribution < -0.4 is 10.6 Å². The van der Waals surface area contributed by atoms with Crippen LogP contribution in [0.25, 0.3) is 11.1 Å². The van der Waals surface area contributed by atoms with E-state index < -0.39 is 6.29 Å². The number of hydrogen-bond acceptors (Lipinski definition) is 7. The van der Waals surface area contributed by atoms with Gasteiger partial charge in [-0.2, -0.15) is 0 Å². The van der Waals surface area contributed by atoms with Crippen molar-refractivity contribution in [3.8, 4) is 11.1 Å². The number of amides is 2. The Balaban J connectivity index is 1.27. The van der Waals surface area contributed by atoms with Crippen LogP contribution in [0.2, 0.25) is 0 Å². The fraction of sp³-hybridized carbons (Fsp3) is 0.487. The van der Waals surface area contributed by atoms with Gasteiger partial charge in [0.05, 0.1) is 25.4 Å². The Morgan fingerprint density at radius 2 is 1.65 bits per heavy atom. The Morgan fingerprint density at radius 3 is 2.40 bits per heavy atom. The molecule has 2 fully saturated rings. The molecule has 0 radical (unpaired) electrons. The molecule has 9 nitrogen and oxygen atoms in total. The molecule has 2 amide bonds. The minimum atomic E-state index is -0.579. The summed E-state index contributed by atoms with van der Waals surface area (Å²) < 4.78 is 13.4. The van der Waals surface area contributed by atoms with Crippen molar-refractivity contribution in [2.75, 3.05) is 26.2 Å². The van der Waals surface area contributed by atoms with Crippen molar-refractivity contribution >= 4 is 11.8 Å². The van der Waals surface area contributed by atoms with Crippen LogP contribution in [0.4, 0.5) is 0 Å². The molecular formula is C39H51N3O6. The molecule has 0 aromatic heterocycles. The number of benzene rings is 3. The number of hydrogen-bond donors (Lipinski definition) is 4. The van der Waals surface area contributed by atoms with Crippen molar-refractivity contribution in [1.82, 2.24) is 15.5 Å². The van der Waals surface area contributed by atoms with Gasteiger partial charge in [0.1, 0.15) is 0 Å². The van der Waals surface area contributed by atoms with Gasteiger partial charge >= 0.3 is 0 Å². The fourth-order valence-electron chi connectivity index (χ4n) is 6.77. The highest BCUT2D eigenvalue weighted by atomic mass is 16.7. The molecule has 0 saturated carbocycles. The highest BCUT2D eigenvalue weighted by molar-refractivity contribution is 5.76. The largest absolute Gasteiger partial charge is 0.395 e. The number of likely N-dealkylation sites (tertiary alicyclic amines) is 1. The summed E-state index contributed by atoms with van der Waals surface area (Å²) >= 11 is 0. The lowest BCUT2D eigenvalue weighted by molar-refractivity contribution is -0.276. The first-order chi connectivity index (χ1) is 23.3. The molecule has 5 atom stereocenters. The number of ether oxygens (including phenoxy) is 2. The third-order valence-electron chi connectivity index (χ3n) is 9.61. The molecule has 2 heterocycles. The lowest BCUT2D eigenvalue weighted by Crippen LogP contribution is -2.46. The van der Waals surface area contributed by atoms with Gasteiger partial charge < -0.3 is 30.3 Å². The Hall–Kier alpha value is -3.60. The molecule has 2 aliphatic rings. The van der Waals surface area contributed by atoms with Gasteiger partial charge in [-0.1, -0.05) is 74.0 Å². The first kappa shape index (κ1) is 35.7. The zero-order valence-corrected chi connectivity index (χ0v) is 28.3. The van der Waals surface area contributed by atoms with E-state index in [-0.39, 0.29) is 49.2 Å². The highest BCUT2D eigenvalue weighted by Crippen LogP contribution is 2.43. The van der Waals surface area contributed by atoms with Crippen LogP contribution in [-0.4, -0.2) is 65.3 Å². The van der Waals surface area contributed by atoms with Crippen LogP contribution >= 0.6 is 0 Å². The van der Waals surface area contributed by atoms with Crippen molar-refractivity contribution in [1.29, 1.82) is 0 Å². The molecule has 0 unspecified atom stereocenters. The summed E-state index contributed by atoms with van der Waals surface area (Å²) in [5, 5.41) is 25.4. The predicted molar refractivity (Wildman–Crippen MR) is 186 cm³/mol. The normalized spacial score (nSPS) is 22.8. The number of aliphatic hydroxyl groups excluding tert-OH is 2. The van der Waals surface area contributed by atoms with E-state index in [2.05, 4.69) is 46.7 Å². The number of nitrogens with zero attached hydrogens (tertiary/aromatic N) is 1. The fourth-order valence-corrected chi connectivity index (χ4v) is 6.77. The van der Waals surface area contributed by atoms with Crippen LogP contribution in [0, 0.1) is 5.92 Å². The molecule has 2 aliphatic heterocycles. The summed E-state index contributed by atoms with van der Waals surface area (Å²) in [4.78, 5) is 25.8. The molecular weight excluding hydrogens is 606 g/mol. The Morgan fingerprint density at radius 1 is 0.875 bits per heavy atom. The zero-order valence-electron chi connectivity index (χ0n) is 28.3. The van der Waals surface area contributed by atoms with E-state index in [9.17, 15) is 19.8 Å². The van der Waals surface area contributed by atoms with Gasteiger partial charge in [-0.25, -0.2) is 0 Å². The average molecular weight is 658 g/mol. The molecule has 258 valence electrons. The van der Waals surface area contributed by atoms with Crippen molar-refractivity contribution in [2.24, 2.45) is 5.92 Å². The second kappa shape index (κ2) is 17.7. The molecule has 0 spiro atoms. The molecule has 0 aliphatic carbocycles. The van der Waals surface area contributed by atoms with Gasteiger partial charge in [-0.3, -0.25) is 14.5 Å². The predicted octanol–water partition coefficient (Wildman–Crippen LogP) is 5.41. The Kier molecular flexibility index (Phi) is 13.2. The molecule has 9 heteroatoms. The number of carbonyl (C=O) groups is 2. The summed E-state index contributed by atoms with van der Waals surface area (Å²) in [6, 6.07) is 24.6. The second-order valence-corrected chi connectivity index (χ2v) is 13.2. The van der Waals surface area contributed by atoms with Crippen LogP contribution in [0.15, 0.2) is 72.8 Å². The average Bonchev–Trinajstić information content (AvgIpc) is 3.57. The van der Waals surface area contributed by atoms with Crippen LogP contribution in [0.1, 0.15) is 87.0 Å². The maximum atomic E-state index is 12.5. The van der Waals surface area contributed by atoms with E-state index in [0.717, 1.165) is 78.6 Å². The minimum absolute atomic E-state index is 0.00425. The third kappa shape index (κ3) is 9.74. The van der Waals surface area contributed by atoms with E-state index in [1.165, 1.54) is 6.92 Å². The number of unbranched alkanes of at least 4 members (excludes halogenated alkanes) is 2. The van der Waals surface area contributed by atoms with Crippen LogP contribution in [-0.2, 0) is 32.2 Å². The monoisotopic (exact) mass is 657 g/mol. The third-order valence-corrected chi connectivity index (χ3v) is 9.61. The van der Waals surface area contributed by atoms with Crippen LogP contribution in [0.5, 0.6) is 0 Å². The molecule has 3 aromatic rings. The van der Waals surface area contributed by atoms with E-state index in [1.807, 2.05) is 48.5 Å². The number of aliphatic hydroxyl groups is 2. The smallest absolute Gasteiger partial charge is 0.220 e. The quantitative estimate of drug-likeness (QED) is 0.162. The summed E-state index contributed by atoms with van der Waals surface area (Å²) in [6.07, 6.45) is 4.20. The van der Waals surface area contributed by atoms with Crippen molar-refractivity contribution in [3.05, 3.63) is 95.1 Å². The first-order valence-electron chi connectivity index (χ1n) is 17.4. The number of rotatable bonds is 15. The maximum absolute atomic E-state index is 12.5. The van der Waals surface area contributed by atoms with Gasteiger partial charge in [0.25, 0.3) is 0 Å². The topological polar surface area (TPSA) is 120 Å². The maximum Gasteiger partial charge on any atom is 0.220 e. The SMILES string of the molecule is CC(=O)NCCCCCC(=O)NCc1cccc(-c2cccc([C@@H]3O[C@H](CN4CCC[C@H]4CO)[C@H](C)[C@H](c4ccc(CO)cc4)O3)c2)c1. The Labute approximate surface area is 284 Å². The van der Waals surface area contributed by atoms with E-state index in [1.54, 1.807) is 0 Å². The van der Waals surface area contributed by atoms with Gasteiger partial charge in [-0.05, 0) is 72.2 Å². The molecule has 5 rings (SSSR count). The molecule has 4 N–H and O–H groups in total. The van der Waals surface area contributed by atoms with Gasteiger partial charge in [0.15, 0.2) is 6.29 Å². The van der Waals surface area contributed by atoms with Crippen molar-refractivity contribution < 1.29 is 29.3 Å². The Bertz CT molecular complexity index is 1480. The highest BCUT2D eigenvalue weighted by Gasteiger charge is 2.40. The lowest BCUT2D eigenvalue weighted by atomic mass is 9.89. The van der Waals surface area contributed by atoms with E-state index >= 15 is 0 Å². The van der Waals surface area contributed by atoms with Gasteiger partial charge in [-0.15, -0.1) is 0 Å². The number of nitrogens with one attached hydrogen (secondary N) is 2. The minimum Gasteiger partial charge on any atom is -0.395 e. The molecule has 48 heavy (non-hydrogen) atoms. The van der Waals surface area contributed by atoms with E-state index in [4.69, 9.17) is 9.47 Å². The number of carbonyl (C=O) groups excluding carboxylic acids is 2. The molecule has 3 aromatic carbocycles. The standard InChI is InChI=1S/C39H51N3O6/c1-27-36(24-42-20-8-13-35(42)26-44)47-39(48-38(27)31-17-15-29(25-43)16-18-31)34-12-7-11-33(22-34)32-10-6-9-30(21-32)23-41-37(46)14-4-3-5-19-40-28(2)45/h6-7,9-12,15-18,21-22,27,35-36,38-39,43-44H,3-5,8,13-14,19-20,23-26H2,1-2H3,(H,40,45)(H,41,46)/t27-,35-,36+,38+,39+/m0/s1. The zero-order chi connectivity index (χ0) is 33.9. The lowest BCUT2D eigenvalue weighted by Gasteiger charge is -2.43. The van der Waals surface area contributed by atoms with E-state index in [0.29, 0.717) is 19.5 Å². The van der Waals surface area contributed by atoms with Gasteiger partial charge in [0, 0.05) is 50.5 Å². The van der Waals surface area contributed by atoms with Gasteiger partial charge in [0.2, 0.25) is 11.8 Å². The molecule has 0 bridgehead atoms. The van der Waals surface area contributed by atoms with Crippen LogP contribution in [0.3, 0.4) is 0 Å². The summed E-state index contributed by atoms with van der Waals surface area (Å²) in [6.45, 7) is 6.60. The summed E-state index contributed by atoms with van der Waals surface area (Å²) in [5.74, 6) is 0.0680. The van der Waals surface area contributed by atoms with Crippen molar-refractivity contribution in [3.63, 3.8) is 0 Å². The van der Waals surface area contributed by atoms with Crippen molar-refractivity contribution in [2.45, 2.75) is 90.1 Å².